The Morgan fingerprint density at radius 2 is 2.06 bits per heavy atom. The van der Waals surface area contributed by atoms with Gasteiger partial charge in [0, 0.05) is 23.0 Å². The number of halogens is 1. The molecule has 0 aliphatic heterocycles. The Bertz CT molecular complexity index is 529. The highest BCUT2D eigenvalue weighted by Gasteiger charge is 2.06. The van der Waals surface area contributed by atoms with Crippen molar-refractivity contribution in [1.82, 2.24) is 9.55 Å². The third kappa shape index (κ3) is 2.57. The minimum absolute atomic E-state index is 0.0854. The van der Waals surface area contributed by atoms with E-state index < -0.39 is 0 Å². The molecule has 0 fully saturated rings. The van der Waals surface area contributed by atoms with Gasteiger partial charge in [-0.15, -0.1) is 0 Å². The maximum absolute atomic E-state index is 9.21. The molecule has 0 amide bonds. The summed E-state index contributed by atoms with van der Waals surface area (Å²) in [6.07, 6.45) is 5.64. The Hall–Kier alpha value is -1.58. The van der Waals surface area contributed by atoms with Gasteiger partial charge in [0.1, 0.15) is 12.4 Å². The number of imidazole rings is 1. The number of aliphatic hydroxyl groups excluding tert-OH is 1. The summed E-state index contributed by atoms with van der Waals surface area (Å²) in [6, 6.07) is 7.46. The molecular weight excluding hydrogens is 236 g/mol. The number of rotatable bonds is 3. The van der Waals surface area contributed by atoms with E-state index in [0.29, 0.717) is 10.8 Å². The number of hydrogen-bond acceptors (Lipinski definition) is 2. The van der Waals surface area contributed by atoms with Crippen molar-refractivity contribution in [3.63, 3.8) is 0 Å². The van der Waals surface area contributed by atoms with Crippen LogP contribution in [0.1, 0.15) is 12.7 Å². The van der Waals surface area contributed by atoms with Gasteiger partial charge < -0.3 is 9.67 Å². The summed E-state index contributed by atoms with van der Waals surface area (Å²) in [4.78, 5) is 4.37. The standard InChI is InChI=1S/C13H13ClN2O/c1-2-7-16-8-12(15-13(16)9-17)10-3-5-11(14)6-4-10/h2-8,17H,9H2,1H3. The van der Waals surface area contributed by atoms with Crippen LogP contribution in [0.3, 0.4) is 0 Å². The Kier molecular flexibility index (Phi) is 3.61. The van der Waals surface area contributed by atoms with E-state index in [-0.39, 0.29) is 6.61 Å². The van der Waals surface area contributed by atoms with Gasteiger partial charge in [-0.1, -0.05) is 29.8 Å². The van der Waals surface area contributed by atoms with Crippen molar-refractivity contribution in [2.45, 2.75) is 13.5 Å². The molecule has 1 aromatic heterocycles. The summed E-state index contributed by atoms with van der Waals surface area (Å²) < 4.78 is 1.81. The van der Waals surface area contributed by atoms with Crippen molar-refractivity contribution in [1.29, 1.82) is 0 Å². The van der Waals surface area contributed by atoms with E-state index in [9.17, 15) is 5.11 Å². The van der Waals surface area contributed by atoms with Crippen LogP contribution in [0.5, 0.6) is 0 Å². The molecule has 17 heavy (non-hydrogen) atoms. The zero-order valence-corrected chi connectivity index (χ0v) is 10.2. The van der Waals surface area contributed by atoms with Gasteiger partial charge in [-0.05, 0) is 19.1 Å². The predicted octanol–water partition coefficient (Wildman–Crippen LogP) is 3.19. The first kappa shape index (κ1) is 11.9. The van der Waals surface area contributed by atoms with Gasteiger partial charge in [0.15, 0.2) is 0 Å². The highest BCUT2D eigenvalue weighted by molar-refractivity contribution is 6.30. The maximum Gasteiger partial charge on any atom is 0.139 e. The first-order valence-electron chi connectivity index (χ1n) is 5.32. The van der Waals surface area contributed by atoms with Gasteiger partial charge in [0.2, 0.25) is 0 Å². The number of aliphatic hydroxyl groups is 1. The van der Waals surface area contributed by atoms with Crippen molar-refractivity contribution in [3.8, 4) is 11.3 Å². The molecule has 0 bridgehead atoms. The predicted molar refractivity (Wildman–Crippen MR) is 69.6 cm³/mol. The SMILES string of the molecule is CC=Cn1cc(-c2ccc(Cl)cc2)nc1CO. The third-order valence-corrected chi connectivity index (χ3v) is 2.65. The Labute approximate surface area is 105 Å². The molecule has 3 nitrogen and oxygen atoms in total. The van der Waals surface area contributed by atoms with E-state index in [1.54, 1.807) is 0 Å². The Balaban J connectivity index is 2.42. The molecule has 1 N–H and O–H groups in total. The topological polar surface area (TPSA) is 38.0 Å². The molecule has 0 aliphatic rings. The smallest absolute Gasteiger partial charge is 0.139 e. The first-order valence-corrected chi connectivity index (χ1v) is 5.69. The monoisotopic (exact) mass is 248 g/mol. The summed E-state index contributed by atoms with van der Waals surface area (Å²) in [5.41, 5.74) is 1.80. The fourth-order valence-corrected chi connectivity index (χ4v) is 1.72. The lowest BCUT2D eigenvalue weighted by Gasteiger charge is -1.95. The van der Waals surface area contributed by atoms with Crippen molar-refractivity contribution >= 4 is 17.8 Å². The second kappa shape index (κ2) is 5.17. The molecule has 0 aliphatic carbocycles. The molecule has 2 aromatic rings. The average molecular weight is 249 g/mol. The summed E-state index contributed by atoms with van der Waals surface area (Å²) in [5, 5.41) is 9.91. The summed E-state index contributed by atoms with van der Waals surface area (Å²) >= 11 is 5.84. The van der Waals surface area contributed by atoms with Crippen LogP contribution in [-0.2, 0) is 6.61 Å². The van der Waals surface area contributed by atoms with Crippen molar-refractivity contribution in [2.24, 2.45) is 0 Å². The van der Waals surface area contributed by atoms with Crippen molar-refractivity contribution in [3.05, 3.63) is 47.4 Å². The number of hydrogen-bond donors (Lipinski definition) is 1. The van der Waals surface area contributed by atoms with Gasteiger partial charge in [-0.2, -0.15) is 0 Å². The van der Waals surface area contributed by atoms with Crippen LogP contribution in [0.15, 0.2) is 36.5 Å². The zero-order chi connectivity index (χ0) is 12.3. The lowest BCUT2D eigenvalue weighted by Crippen LogP contribution is -1.94. The van der Waals surface area contributed by atoms with Crippen LogP contribution < -0.4 is 0 Å². The van der Waals surface area contributed by atoms with Gasteiger partial charge in [-0.3, -0.25) is 0 Å². The van der Waals surface area contributed by atoms with Crippen molar-refractivity contribution < 1.29 is 5.11 Å². The molecule has 1 aromatic carbocycles. The molecular formula is C13H13ClN2O. The quantitative estimate of drug-likeness (QED) is 0.906. The van der Waals surface area contributed by atoms with Crippen LogP contribution in [0.25, 0.3) is 17.5 Å². The fourth-order valence-electron chi connectivity index (χ4n) is 1.60. The molecule has 0 saturated carbocycles. The minimum Gasteiger partial charge on any atom is -0.388 e. The van der Waals surface area contributed by atoms with Gasteiger partial charge in [-0.25, -0.2) is 4.98 Å². The van der Waals surface area contributed by atoms with Crippen LogP contribution in [0.2, 0.25) is 5.02 Å². The van der Waals surface area contributed by atoms with E-state index in [1.165, 1.54) is 0 Å². The molecule has 0 atom stereocenters. The molecule has 0 spiro atoms. The van der Waals surface area contributed by atoms with Gasteiger partial charge in [0.05, 0.1) is 5.69 Å². The van der Waals surface area contributed by atoms with E-state index >= 15 is 0 Å². The van der Waals surface area contributed by atoms with Gasteiger partial charge >= 0.3 is 0 Å². The Morgan fingerprint density at radius 3 is 2.65 bits per heavy atom. The second-order valence-electron chi connectivity index (χ2n) is 3.60. The van der Waals surface area contributed by atoms with Gasteiger partial charge in [0.25, 0.3) is 0 Å². The summed E-state index contributed by atoms with van der Waals surface area (Å²) in [6.45, 7) is 1.83. The molecule has 88 valence electrons. The molecule has 4 heteroatoms. The number of aromatic nitrogens is 2. The first-order chi connectivity index (χ1) is 8.24. The van der Waals surface area contributed by atoms with E-state index in [1.807, 2.05) is 54.2 Å². The summed E-state index contributed by atoms with van der Waals surface area (Å²) in [7, 11) is 0. The number of allylic oxidation sites excluding steroid dienone is 1. The molecule has 0 radical (unpaired) electrons. The van der Waals surface area contributed by atoms with Crippen LogP contribution in [-0.4, -0.2) is 14.7 Å². The second-order valence-corrected chi connectivity index (χ2v) is 4.03. The highest BCUT2D eigenvalue weighted by atomic mass is 35.5. The van der Waals surface area contributed by atoms with Crippen LogP contribution >= 0.6 is 11.6 Å². The molecule has 1 heterocycles. The highest BCUT2D eigenvalue weighted by Crippen LogP contribution is 2.21. The average Bonchev–Trinajstić information content (AvgIpc) is 2.74. The number of nitrogens with zero attached hydrogens (tertiary/aromatic N) is 2. The molecule has 0 saturated heterocycles. The number of benzene rings is 1. The van der Waals surface area contributed by atoms with E-state index in [0.717, 1.165) is 11.3 Å². The Morgan fingerprint density at radius 1 is 1.35 bits per heavy atom. The molecule has 2 rings (SSSR count). The lowest BCUT2D eigenvalue weighted by molar-refractivity contribution is 0.270. The fraction of sp³-hybridized carbons (Fsp3) is 0.154. The normalized spacial score (nSPS) is 11.2. The molecule has 0 unspecified atom stereocenters. The minimum atomic E-state index is -0.0854. The maximum atomic E-state index is 9.21. The van der Waals surface area contributed by atoms with E-state index in [4.69, 9.17) is 11.6 Å². The third-order valence-electron chi connectivity index (χ3n) is 2.40. The van der Waals surface area contributed by atoms with Crippen LogP contribution in [0, 0.1) is 0 Å². The van der Waals surface area contributed by atoms with Crippen molar-refractivity contribution in [2.75, 3.05) is 0 Å². The van der Waals surface area contributed by atoms with Crippen LogP contribution in [0.4, 0.5) is 0 Å². The largest absolute Gasteiger partial charge is 0.388 e. The lowest BCUT2D eigenvalue weighted by atomic mass is 10.2. The van der Waals surface area contributed by atoms with E-state index in [2.05, 4.69) is 4.98 Å². The zero-order valence-electron chi connectivity index (χ0n) is 9.47. The summed E-state index contributed by atoms with van der Waals surface area (Å²) in [5.74, 6) is 0.619.